The van der Waals surface area contributed by atoms with Gasteiger partial charge in [0.1, 0.15) is 18.6 Å². The molecule has 6 atom stereocenters. The maximum atomic E-state index is 13.0. The summed E-state index contributed by atoms with van der Waals surface area (Å²) in [5.74, 6) is -4.12. The summed E-state index contributed by atoms with van der Waals surface area (Å²) in [6.07, 6.45) is 2.27. The average molecular weight is 365 g/mol. The van der Waals surface area contributed by atoms with Crippen LogP contribution in [0.3, 0.4) is 0 Å². The Morgan fingerprint density at radius 1 is 1.23 bits per heavy atom. The van der Waals surface area contributed by atoms with Crippen LogP contribution in [-0.2, 0) is 28.6 Å². The molecule has 1 N–H and O–H groups in total. The molecule has 4 aliphatic heterocycles. The Morgan fingerprint density at radius 3 is 2.69 bits per heavy atom. The molecule has 8 heteroatoms. The van der Waals surface area contributed by atoms with Crippen molar-refractivity contribution >= 4 is 17.9 Å². The standard InChI is InChI=1S/C18H23NO7/c1-9-12-15(21)25-11-5-7-19-6-4-10(13(11)19)8-24-16(22)17(2,23)18(12,3)26-14(9)20/h4,9,11-13,23H,5-8H2,1-3H3/t9-,11-,12+,13-,17+,18-/m1/s1. The first kappa shape index (κ1) is 17.5. The molecule has 0 spiro atoms. The molecule has 26 heavy (non-hydrogen) atoms. The molecule has 0 radical (unpaired) electrons. The maximum absolute atomic E-state index is 13.0. The van der Waals surface area contributed by atoms with Gasteiger partial charge in [-0.2, -0.15) is 0 Å². The topological polar surface area (TPSA) is 102 Å². The van der Waals surface area contributed by atoms with Crippen molar-refractivity contribution in [3.8, 4) is 0 Å². The first-order chi connectivity index (χ1) is 12.2. The molecule has 0 amide bonds. The Balaban J connectivity index is 1.77. The number of cyclic esters (lactones) is 1. The van der Waals surface area contributed by atoms with Crippen LogP contribution < -0.4 is 0 Å². The van der Waals surface area contributed by atoms with E-state index < -0.39 is 40.9 Å². The van der Waals surface area contributed by atoms with E-state index in [0.717, 1.165) is 12.1 Å². The van der Waals surface area contributed by atoms with E-state index >= 15 is 0 Å². The predicted molar refractivity (Wildman–Crippen MR) is 86.7 cm³/mol. The van der Waals surface area contributed by atoms with E-state index in [2.05, 4.69) is 4.90 Å². The second-order valence-corrected chi connectivity index (χ2v) is 7.93. The quantitative estimate of drug-likeness (QED) is 0.357. The zero-order chi connectivity index (χ0) is 18.9. The van der Waals surface area contributed by atoms with Crippen molar-refractivity contribution in [2.75, 3.05) is 19.7 Å². The molecular weight excluding hydrogens is 342 g/mol. The fourth-order valence-electron chi connectivity index (χ4n) is 4.65. The molecule has 0 unspecified atom stereocenters. The highest BCUT2D eigenvalue weighted by atomic mass is 16.6. The number of fused-ring (bicyclic) bond motifs is 1. The first-order valence-corrected chi connectivity index (χ1v) is 8.92. The number of carbonyl (C=O) groups excluding carboxylic acids is 3. The number of aliphatic hydroxyl groups is 1. The Kier molecular flexibility index (Phi) is 3.72. The van der Waals surface area contributed by atoms with Crippen LogP contribution in [0.15, 0.2) is 11.6 Å². The van der Waals surface area contributed by atoms with Gasteiger partial charge in [-0.3, -0.25) is 14.5 Å². The molecule has 0 aromatic rings. The normalized spacial score (nSPS) is 45.8. The first-order valence-electron chi connectivity index (χ1n) is 8.92. The predicted octanol–water partition coefficient (Wildman–Crippen LogP) is -0.212. The third kappa shape index (κ3) is 2.18. The second kappa shape index (κ2) is 5.53. The van der Waals surface area contributed by atoms with Crippen molar-refractivity contribution in [2.24, 2.45) is 11.8 Å². The molecule has 4 rings (SSSR count). The molecule has 0 saturated carbocycles. The van der Waals surface area contributed by atoms with E-state index in [-0.39, 0.29) is 18.8 Å². The van der Waals surface area contributed by atoms with Crippen LogP contribution in [0.5, 0.6) is 0 Å². The summed E-state index contributed by atoms with van der Waals surface area (Å²) in [6.45, 7) is 5.65. The van der Waals surface area contributed by atoms with Gasteiger partial charge >= 0.3 is 17.9 Å². The SMILES string of the molecule is C[C@H]1C(=O)O[C@]2(C)[C@@H]1C(=O)O[C@@H]1CCN3CC=C(COC(=O)[C@]2(C)O)[C@H]13. The fraction of sp³-hybridized carbons (Fsp3) is 0.722. The van der Waals surface area contributed by atoms with Gasteiger partial charge in [0.2, 0.25) is 0 Å². The van der Waals surface area contributed by atoms with Gasteiger partial charge in [0, 0.05) is 13.1 Å². The third-order valence-corrected chi connectivity index (χ3v) is 6.45. The molecular formula is C18H23NO7. The second-order valence-electron chi connectivity index (χ2n) is 7.93. The summed E-state index contributed by atoms with van der Waals surface area (Å²) in [4.78, 5) is 40.0. The van der Waals surface area contributed by atoms with Gasteiger partial charge in [0.05, 0.1) is 12.0 Å². The third-order valence-electron chi connectivity index (χ3n) is 6.45. The van der Waals surface area contributed by atoms with Gasteiger partial charge in [-0.05, 0) is 25.8 Å². The number of esters is 3. The monoisotopic (exact) mass is 365 g/mol. The van der Waals surface area contributed by atoms with Gasteiger partial charge in [-0.1, -0.05) is 13.0 Å². The molecule has 8 nitrogen and oxygen atoms in total. The van der Waals surface area contributed by atoms with Gasteiger partial charge in [-0.15, -0.1) is 0 Å². The van der Waals surface area contributed by atoms with E-state index in [1.54, 1.807) is 6.92 Å². The zero-order valence-electron chi connectivity index (χ0n) is 15.1. The molecule has 3 fully saturated rings. The summed E-state index contributed by atoms with van der Waals surface area (Å²) in [5.41, 5.74) is -3.08. The van der Waals surface area contributed by atoms with Crippen LogP contribution in [0.1, 0.15) is 27.2 Å². The number of ether oxygens (including phenoxy) is 3. The van der Waals surface area contributed by atoms with Crippen LogP contribution in [0.2, 0.25) is 0 Å². The summed E-state index contributed by atoms with van der Waals surface area (Å²) in [5, 5.41) is 10.9. The fourth-order valence-corrected chi connectivity index (χ4v) is 4.65. The van der Waals surface area contributed by atoms with E-state index in [4.69, 9.17) is 14.2 Å². The average Bonchev–Trinajstić information content (AvgIpc) is 3.20. The lowest BCUT2D eigenvalue weighted by atomic mass is 9.73. The van der Waals surface area contributed by atoms with Crippen molar-refractivity contribution in [1.82, 2.24) is 4.90 Å². The minimum absolute atomic E-state index is 0.00838. The highest BCUT2D eigenvalue weighted by molar-refractivity contribution is 5.91. The van der Waals surface area contributed by atoms with E-state index in [1.165, 1.54) is 13.8 Å². The zero-order valence-corrected chi connectivity index (χ0v) is 15.1. The Bertz CT molecular complexity index is 714. The number of hydrogen-bond acceptors (Lipinski definition) is 8. The minimum Gasteiger partial charge on any atom is -0.460 e. The number of rotatable bonds is 0. The molecule has 3 saturated heterocycles. The van der Waals surface area contributed by atoms with E-state index in [0.29, 0.717) is 13.0 Å². The van der Waals surface area contributed by atoms with Crippen LogP contribution in [0, 0.1) is 11.8 Å². The van der Waals surface area contributed by atoms with Gasteiger partial charge in [-0.25, -0.2) is 4.79 Å². The molecule has 142 valence electrons. The Morgan fingerprint density at radius 2 is 1.96 bits per heavy atom. The summed E-state index contributed by atoms with van der Waals surface area (Å²) >= 11 is 0. The van der Waals surface area contributed by atoms with Crippen molar-refractivity contribution in [2.45, 2.75) is 50.5 Å². The van der Waals surface area contributed by atoms with Crippen molar-refractivity contribution in [3.05, 3.63) is 11.6 Å². The van der Waals surface area contributed by atoms with Gasteiger partial charge < -0.3 is 19.3 Å². The number of carbonyl (C=O) groups is 3. The molecule has 0 aliphatic carbocycles. The largest absolute Gasteiger partial charge is 0.460 e. The van der Waals surface area contributed by atoms with E-state index in [1.807, 2.05) is 6.08 Å². The lowest BCUT2D eigenvalue weighted by Crippen LogP contribution is -2.61. The van der Waals surface area contributed by atoms with Crippen LogP contribution in [0.4, 0.5) is 0 Å². The van der Waals surface area contributed by atoms with Gasteiger partial charge in [0.15, 0.2) is 11.2 Å². The van der Waals surface area contributed by atoms with Crippen molar-refractivity contribution in [3.63, 3.8) is 0 Å². The van der Waals surface area contributed by atoms with Crippen LogP contribution >= 0.6 is 0 Å². The molecule has 0 aromatic carbocycles. The smallest absolute Gasteiger partial charge is 0.342 e. The van der Waals surface area contributed by atoms with Crippen LogP contribution in [0.25, 0.3) is 0 Å². The van der Waals surface area contributed by atoms with Crippen molar-refractivity contribution < 1.29 is 33.7 Å². The Labute approximate surface area is 151 Å². The lowest BCUT2D eigenvalue weighted by Gasteiger charge is -2.39. The van der Waals surface area contributed by atoms with Crippen LogP contribution in [-0.4, -0.2) is 71.0 Å². The van der Waals surface area contributed by atoms with E-state index in [9.17, 15) is 19.5 Å². The highest BCUT2D eigenvalue weighted by Gasteiger charge is 2.67. The number of hydrogen-bond donors (Lipinski definition) is 1. The maximum Gasteiger partial charge on any atom is 0.342 e. The van der Waals surface area contributed by atoms with Gasteiger partial charge in [0.25, 0.3) is 0 Å². The summed E-state index contributed by atoms with van der Waals surface area (Å²) in [7, 11) is 0. The molecule has 4 aliphatic rings. The molecule has 0 aromatic heterocycles. The highest BCUT2D eigenvalue weighted by Crippen LogP contribution is 2.46. The Hall–Kier alpha value is -1.93. The lowest BCUT2D eigenvalue weighted by molar-refractivity contribution is -0.204. The molecule has 4 heterocycles. The minimum atomic E-state index is -2.19. The molecule has 0 bridgehead atoms. The summed E-state index contributed by atoms with van der Waals surface area (Å²) < 4.78 is 16.5. The van der Waals surface area contributed by atoms with Crippen molar-refractivity contribution in [1.29, 1.82) is 0 Å². The number of nitrogens with zero attached hydrogens (tertiary/aromatic N) is 1. The summed E-state index contributed by atoms with van der Waals surface area (Å²) in [6, 6.07) is -0.130.